The number of hydrogen-bond acceptors (Lipinski definition) is 5. The molecule has 0 aliphatic rings. The highest BCUT2D eigenvalue weighted by molar-refractivity contribution is 7.99. The Morgan fingerprint density at radius 2 is 2.06 bits per heavy atom. The van der Waals surface area contributed by atoms with Crippen LogP contribution in [0.25, 0.3) is 0 Å². The van der Waals surface area contributed by atoms with Crippen molar-refractivity contribution in [3.8, 4) is 0 Å². The second-order valence-electron chi connectivity index (χ2n) is 3.79. The number of alkyl halides is 3. The van der Waals surface area contributed by atoms with Crippen LogP contribution in [0.2, 0.25) is 0 Å². The zero-order valence-electron chi connectivity index (χ0n) is 9.77. The molecule has 17 heavy (non-hydrogen) atoms. The summed E-state index contributed by atoms with van der Waals surface area (Å²) in [5.41, 5.74) is 0. The van der Waals surface area contributed by atoms with Gasteiger partial charge in [-0.05, 0) is 31.4 Å². The van der Waals surface area contributed by atoms with E-state index >= 15 is 0 Å². The third kappa shape index (κ3) is 4.50. The Morgan fingerprint density at radius 3 is 2.59 bits per heavy atom. The van der Waals surface area contributed by atoms with Crippen molar-refractivity contribution in [2.45, 2.75) is 30.1 Å². The van der Waals surface area contributed by atoms with E-state index in [-0.39, 0.29) is 5.16 Å². The Labute approximate surface area is 101 Å². The first kappa shape index (κ1) is 14.2. The Balaban J connectivity index is 2.63. The zero-order valence-corrected chi connectivity index (χ0v) is 10.6. The maximum atomic E-state index is 12.4. The molecule has 1 atom stereocenters. The van der Waals surface area contributed by atoms with Crippen molar-refractivity contribution in [1.82, 2.24) is 25.1 Å². The van der Waals surface area contributed by atoms with Crippen LogP contribution in [0, 0.1) is 0 Å². The predicted molar refractivity (Wildman–Crippen MR) is 57.7 cm³/mol. The van der Waals surface area contributed by atoms with Crippen LogP contribution in [0.4, 0.5) is 13.2 Å². The van der Waals surface area contributed by atoms with Crippen LogP contribution >= 0.6 is 11.8 Å². The van der Waals surface area contributed by atoms with Crippen LogP contribution in [-0.2, 0) is 6.54 Å². The van der Waals surface area contributed by atoms with E-state index in [9.17, 15) is 13.2 Å². The second kappa shape index (κ2) is 5.67. The van der Waals surface area contributed by atoms with Crippen LogP contribution in [0.15, 0.2) is 5.16 Å². The molecular formula is C8H14F3N5S. The molecule has 0 aliphatic carbocycles. The highest BCUT2D eigenvalue weighted by Gasteiger charge is 2.37. The smallest absolute Gasteiger partial charge is 0.308 e. The van der Waals surface area contributed by atoms with Crippen molar-refractivity contribution in [1.29, 1.82) is 0 Å². The van der Waals surface area contributed by atoms with Crippen LogP contribution in [0.3, 0.4) is 0 Å². The molecule has 0 saturated heterocycles. The van der Waals surface area contributed by atoms with Crippen molar-refractivity contribution in [2.75, 3.05) is 20.6 Å². The van der Waals surface area contributed by atoms with Gasteiger partial charge in [0.25, 0.3) is 0 Å². The molecule has 1 aromatic heterocycles. The van der Waals surface area contributed by atoms with Crippen molar-refractivity contribution in [3.05, 3.63) is 0 Å². The third-order valence-electron chi connectivity index (χ3n) is 2.00. The molecule has 5 nitrogen and oxygen atoms in total. The summed E-state index contributed by atoms with van der Waals surface area (Å²) in [6, 6.07) is 0. The quantitative estimate of drug-likeness (QED) is 0.754. The lowest BCUT2D eigenvalue weighted by atomic mass is 10.5. The molecule has 0 radical (unpaired) electrons. The summed E-state index contributed by atoms with van der Waals surface area (Å²) < 4.78 is 38.5. The van der Waals surface area contributed by atoms with E-state index < -0.39 is 11.4 Å². The average Bonchev–Trinajstić information content (AvgIpc) is 2.60. The number of nitrogens with zero attached hydrogens (tertiary/aromatic N) is 5. The Morgan fingerprint density at radius 1 is 1.41 bits per heavy atom. The Hall–Kier alpha value is -0.830. The number of hydrogen-bond donors (Lipinski definition) is 0. The standard InChI is InChI=1S/C8H14F3N5S/c1-6(8(9,10)11)17-7-12-13-14-16(7)5-4-15(2)3/h6H,4-5H2,1-3H3/t6-/m1/s1. The van der Waals surface area contributed by atoms with E-state index in [0.29, 0.717) is 24.9 Å². The molecule has 0 unspecified atom stereocenters. The lowest BCUT2D eigenvalue weighted by Crippen LogP contribution is -2.24. The van der Waals surface area contributed by atoms with Crippen LogP contribution in [0.1, 0.15) is 6.92 Å². The molecule has 0 N–H and O–H groups in total. The van der Waals surface area contributed by atoms with Crippen molar-refractivity contribution < 1.29 is 13.2 Å². The number of tetrazole rings is 1. The van der Waals surface area contributed by atoms with E-state index in [4.69, 9.17) is 0 Å². The Kier molecular flexibility index (Phi) is 4.75. The average molecular weight is 269 g/mol. The van der Waals surface area contributed by atoms with E-state index in [1.54, 1.807) is 0 Å². The minimum atomic E-state index is -4.25. The predicted octanol–water partition coefficient (Wildman–Crippen LogP) is 1.28. The molecule has 0 aliphatic heterocycles. The second-order valence-corrected chi connectivity index (χ2v) is 5.10. The van der Waals surface area contributed by atoms with Gasteiger partial charge in [-0.2, -0.15) is 13.2 Å². The van der Waals surface area contributed by atoms with Crippen LogP contribution in [-0.4, -0.2) is 57.2 Å². The van der Waals surface area contributed by atoms with Gasteiger partial charge in [-0.1, -0.05) is 11.8 Å². The minimum absolute atomic E-state index is 0.191. The summed E-state index contributed by atoms with van der Waals surface area (Å²) in [5, 5.41) is 9.32. The highest BCUT2D eigenvalue weighted by atomic mass is 32.2. The monoisotopic (exact) mass is 269 g/mol. The van der Waals surface area contributed by atoms with Gasteiger partial charge in [0.2, 0.25) is 5.16 Å². The van der Waals surface area contributed by atoms with Gasteiger partial charge in [0, 0.05) is 6.54 Å². The van der Waals surface area contributed by atoms with Gasteiger partial charge in [-0.15, -0.1) is 5.10 Å². The summed E-state index contributed by atoms with van der Waals surface area (Å²) in [5.74, 6) is 0. The summed E-state index contributed by atoms with van der Waals surface area (Å²) >= 11 is 0.619. The molecular weight excluding hydrogens is 255 g/mol. The molecule has 0 amide bonds. The van der Waals surface area contributed by atoms with Gasteiger partial charge in [0.15, 0.2) is 0 Å². The summed E-state index contributed by atoms with van der Waals surface area (Å²) in [4.78, 5) is 1.91. The van der Waals surface area contributed by atoms with Crippen LogP contribution in [0.5, 0.6) is 0 Å². The molecule has 1 heterocycles. The lowest BCUT2D eigenvalue weighted by Gasteiger charge is -2.14. The van der Waals surface area contributed by atoms with E-state index in [2.05, 4.69) is 15.5 Å². The van der Waals surface area contributed by atoms with Gasteiger partial charge in [-0.3, -0.25) is 0 Å². The van der Waals surface area contributed by atoms with Crippen molar-refractivity contribution in [3.63, 3.8) is 0 Å². The first-order valence-corrected chi connectivity index (χ1v) is 5.83. The van der Waals surface area contributed by atoms with Crippen molar-refractivity contribution >= 4 is 11.8 Å². The molecule has 1 aromatic rings. The maximum Gasteiger partial charge on any atom is 0.400 e. The first-order chi connectivity index (χ1) is 7.80. The number of likely N-dealkylation sites (N-methyl/N-ethyl adjacent to an activating group) is 1. The van der Waals surface area contributed by atoms with Gasteiger partial charge in [0.05, 0.1) is 6.54 Å². The SMILES string of the molecule is C[C@@H](Sc1nnnn1CCN(C)C)C(F)(F)F. The van der Waals surface area contributed by atoms with Gasteiger partial charge >= 0.3 is 6.18 Å². The molecule has 0 saturated carbocycles. The van der Waals surface area contributed by atoms with Crippen molar-refractivity contribution in [2.24, 2.45) is 0 Å². The van der Waals surface area contributed by atoms with Gasteiger partial charge in [0.1, 0.15) is 5.25 Å². The van der Waals surface area contributed by atoms with E-state index in [1.807, 2.05) is 19.0 Å². The molecule has 0 fully saturated rings. The fraction of sp³-hybridized carbons (Fsp3) is 0.875. The molecule has 98 valence electrons. The molecule has 0 aromatic carbocycles. The van der Waals surface area contributed by atoms with Gasteiger partial charge < -0.3 is 4.90 Å². The fourth-order valence-electron chi connectivity index (χ4n) is 0.941. The first-order valence-electron chi connectivity index (χ1n) is 4.95. The van der Waals surface area contributed by atoms with Crippen LogP contribution < -0.4 is 0 Å². The topological polar surface area (TPSA) is 46.8 Å². The summed E-state index contributed by atoms with van der Waals surface area (Å²) in [6.07, 6.45) is -4.25. The molecule has 1 rings (SSSR count). The third-order valence-corrected chi connectivity index (χ3v) is 3.13. The zero-order chi connectivity index (χ0) is 13.1. The molecule has 0 bridgehead atoms. The lowest BCUT2D eigenvalue weighted by molar-refractivity contribution is -0.125. The summed E-state index contributed by atoms with van der Waals surface area (Å²) in [6.45, 7) is 2.22. The summed E-state index contributed by atoms with van der Waals surface area (Å²) in [7, 11) is 3.74. The molecule has 9 heteroatoms. The van der Waals surface area contributed by atoms with E-state index in [0.717, 1.165) is 6.92 Å². The maximum absolute atomic E-state index is 12.4. The number of thioether (sulfide) groups is 1. The van der Waals surface area contributed by atoms with Gasteiger partial charge in [-0.25, -0.2) is 4.68 Å². The highest BCUT2D eigenvalue weighted by Crippen LogP contribution is 2.33. The number of halogens is 3. The number of rotatable bonds is 5. The minimum Gasteiger partial charge on any atom is -0.308 e. The fourth-order valence-corrected chi connectivity index (χ4v) is 1.72. The van der Waals surface area contributed by atoms with E-state index in [1.165, 1.54) is 4.68 Å². The normalized spacial score (nSPS) is 14.3. The molecule has 0 spiro atoms. The number of aromatic nitrogens is 4. The largest absolute Gasteiger partial charge is 0.400 e. The Bertz CT molecular complexity index is 351.